The summed E-state index contributed by atoms with van der Waals surface area (Å²) in [6, 6.07) is 0.336. The molecule has 0 radical (unpaired) electrons. The number of carbonyl (C=O) groups excluding carboxylic acids is 1. The lowest BCUT2D eigenvalue weighted by Crippen LogP contribution is -2.42. The maximum atomic E-state index is 12.0. The third kappa shape index (κ3) is 2.64. The third-order valence-corrected chi connectivity index (χ3v) is 3.93. The van der Waals surface area contributed by atoms with Crippen molar-refractivity contribution in [2.75, 3.05) is 6.54 Å². The SMILES string of the molecule is NCC1CCCC1NC(=O)C1CC=CCC1. The van der Waals surface area contributed by atoms with Crippen LogP contribution in [0.15, 0.2) is 12.2 Å². The predicted octanol–water partition coefficient (Wildman–Crippen LogP) is 1.59. The summed E-state index contributed by atoms with van der Waals surface area (Å²) in [5.74, 6) is 0.946. The highest BCUT2D eigenvalue weighted by Gasteiger charge is 2.29. The minimum Gasteiger partial charge on any atom is -0.353 e. The molecule has 1 fully saturated rings. The molecule has 0 bridgehead atoms. The molecule has 1 amide bonds. The van der Waals surface area contributed by atoms with Crippen LogP contribution in [-0.4, -0.2) is 18.5 Å². The Balaban J connectivity index is 1.84. The molecule has 0 aromatic carbocycles. The Morgan fingerprint density at radius 1 is 1.31 bits per heavy atom. The maximum absolute atomic E-state index is 12.0. The number of carbonyl (C=O) groups is 1. The van der Waals surface area contributed by atoms with E-state index in [1.165, 1.54) is 12.8 Å². The van der Waals surface area contributed by atoms with Gasteiger partial charge >= 0.3 is 0 Å². The maximum Gasteiger partial charge on any atom is 0.223 e. The van der Waals surface area contributed by atoms with Crippen LogP contribution in [0.3, 0.4) is 0 Å². The Morgan fingerprint density at radius 3 is 2.88 bits per heavy atom. The number of nitrogens with one attached hydrogen (secondary N) is 1. The molecule has 3 unspecified atom stereocenters. The van der Waals surface area contributed by atoms with Crippen molar-refractivity contribution in [3.63, 3.8) is 0 Å². The molecule has 3 atom stereocenters. The van der Waals surface area contributed by atoms with Crippen molar-refractivity contribution < 1.29 is 4.79 Å². The first-order chi connectivity index (χ1) is 7.81. The van der Waals surface area contributed by atoms with Crippen molar-refractivity contribution in [1.82, 2.24) is 5.32 Å². The smallest absolute Gasteiger partial charge is 0.223 e. The van der Waals surface area contributed by atoms with Crippen molar-refractivity contribution in [1.29, 1.82) is 0 Å². The van der Waals surface area contributed by atoms with E-state index in [-0.39, 0.29) is 11.8 Å². The van der Waals surface area contributed by atoms with Gasteiger partial charge in [-0.3, -0.25) is 4.79 Å². The van der Waals surface area contributed by atoms with Crippen molar-refractivity contribution >= 4 is 5.91 Å². The fourth-order valence-corrected chi connectivity index (χ4v) is 2.84. The third-order valence-electron chi connectivity index (χ3n) is 3.93. The first-order valence-electron chi connectivity index (χ1n) is 6.46. The van der Waals surface area contributed by atoms with Crippen LogP contribution in [0.1, 0.15) is 38.5 Å². The molecule has 90 valence electrons. The van der Waals surface area contributed by atoms with Crippen LogP contribution in [-0.2, 0) is 4.79 Å². The van der Waals surface area contributed by atoms with Crippen LogP contribution in [0, 0.1) is 11.8 Å². The zero-order valence-corrected chi connectivity index (χ0v) is 9.82. The lowest BCUT2D eigenvalue weighted by molar-refractivity contribution is -0.126. The molecule has 0 aromatic heterocycles. The van der Waals surface area contributed by atoms with Gasteiger partial charge in [-0.05, 0) is 44.6 Å². The van der Waals surface area contributed by atoms with Gasteiger partial charge in [0.15, 0.2) is 0 Å². The molecule has 1 saturated carbocycles. The standard InChI is InChI=1S/C13H22N2O/c14-9-11-7-4-8-12(11)15-13(16)10-5-2-1-3-6-10/h1-2,10-12H,3-9,14H2,(H,15,16). The normalized spacial score (nSPS) is 33.9. The zero-order chi connectivity index (χ0) is 11.4. The Kier molecular flexibility index (Phi) is 3.99. The summed E-state index contributed by atoms with van der Waals surface area (Å²) in [6.07, 6.45) is 10.7. The van der Waals surface area contributed by atoms with Crippen molar-refractivity contribution in [2.24, 2.45) is 17.6 Å². The van der Waals surface area contributed by atoms with Gasteiger partial charge in [0, 0.05) is 12.0 Å². The van der Waals surface area contributed by atoms with Crippen LogP contribution in [0.2, 0.25) is 0 Å². The molecule has 0 aromatic rings. The summed E-state index contributed by atoms with van der Waals surface area (Å²) in [5.41, 5.74) is 5.72. The van der Waals surface area contributed by atoms with Gasteiger partial charge in [-0.25, -0.2) is 0 Å². The van der Waals surface area contributed by atoms with E-state index in [2.05, 4.69) is 17.5 Å². The fraction of sp³-hybridized carbons (Fsp3) is 0.769. The number of amides is 1. The fourth-order valence-electron chi connectivity index (χ4n) is 2.84. The number of rotatable bonds is 3. The first-order valence-corrected chi connectivity index (χ1v) is 6.46. The van der Waals surface area contributed by atoms with E-state index in [1.54, 1.807) is 0 Å². The van der Waals surface area contributed by atoms with Crippen molar-refractivity contribution in [3.05, 3.63) is 12.2 Å². The van der Waals surface area contributed by atoms with Crippen LogP contribution in [0.5, 0.6) is 0 Å². The van der Waals surface area contributed by atoms with Crippen LogP contribution < -0.4 is 11.1 Å². The van der Waals surface area contributed by atoms with Crippen molar-refractivity contribution in [3.8, 4) is 0 Å². The van der Waals surface area contributed by atoms with Crippen LogP contribution >= 0.6 is 0 Å². The molecule has 2 aliphatic rings. The van der Waals surface area contributed by atoms with Gasteiger partial charge in [-0.2, -0.15) is 0 Å². The minimum atomic E-state index is 0.198. The largest absolute Gasteiger partial charge is 0.353 e. The van der Waals surface area contributed by atoms with Gasteiger partial charge in [-0.1, -0.05) is 18.6 Å². The van der Waals surface area contributed by atoms with Gasteiger partial charge < -0.3 is 11.1 Å². The number of hydrogen-bond donors (Lipinski definition) is 2. The van der Waals surface area contributed by atoms with Gasteiger partial charge in [-0.15, -0.1) is 0 Å². The molecule has 0 heterocycles. The second-order valence-electron chi connectivity index (χ2n) is 5.02. The highest BCUT2D eigenvalue weighted by atomic mass is 16.1. The Labute approximate surface area is 97.5 Å². The molecule has 0 saturated heterocycles. The lowest BCUT2D eigenvalue weighted by atomic mass is 9.93. The average molecular weight is 222 g/mol. The van der Waals surface area contributed by atoms with E-state index < -0.39 is 0 Å². The highest BCUT2D eigenvalue weighted by Crippen LogP contribution is 2.26. The van der Waals surface area contributed by atoms with Gasteiger partial charge in [0.25, 0.3) is 0 Å². The monoisotopic (exact) mass is 222 g/mol. The highest BCUT2D eigenvalue weighted by molar-refractivity contribution is 5.79. The van der Waals surface area contributed by atoms with E-state index in [0.717, 1.165) is 25.7 Å². The van der Waals surface area contributed by atoms with E-state index in [9.17, 15) is 4.79 Å². The molecule has 0 spiro atoms. The molecule has 3 N–H and O–H groups in total. The van der Waals surface area contributed by atoms with Gasteiger partial charge in [0.1, 0.15) is 0 Å². The van der Waals surface area contributed by atoms with Gasteiger partial charge in [0.2, 0.25) is 5.91 Å². The van der Waals surface area contributed by atoms with Crippen LogP contribution in [0.4, 0.5) is 0 Å². The summed E-state index contributed by atoms with van der Waals surface area (Å²) in [4.78, 5) is 12.0. The Morgan fingerprint density at radius 2 is 2.19 bits per heavy atom. The number of nitrogens with two attached hydrogens (primary N) is 1. The molecule has 3 heteroatoms. The molecule has 2 aliphatic carbocycles. The summed E-state index contributed by atoms with van der Waals surface area (Å²) in [6.45, 7) is 0.704. The van der Waals surface area contributed by atoms with E-state index in [1.807, 2.05) is 0 Å². The minimum absolute atomic E-state index is 0.198. The summed E-state index contributed by atoms with van der Waals surface area (Å²) in [7, 11) is 0. The van der Waals surface area contributed by atoms with Gasteiger partial charge in [0.05, 0.1) is 0 Å². The number of hydrogen-bond acceptors (Lipinski definition) is 2. The van der Waals surface area contributed by atoms with E-state index in [4.69, 9.17) is 5.73 Å². The van der Waals surface area contributed by atoms with E-state index in [0.29, 0.717) is 18.5 Å². The van der Waals surface area contributed by atoms with Crippen LogP contribution in [0.25, 0.3) is 0 Å². The summed E-state index contributed by atoms with van der Waals surface area (Å²) >= 11 is 0. The molecular formula is C13H22N2O. The second-order valence-corrected chi connectivity index (χ2v) is 5.02. The Hall–Kier alpha value is -0.830. The molecule has 0 aliphatic heterocycles. The summed E-state index contributed by atoms with van der Waals surface area (Å²) < 4.78 is 0. The molecule has 16 heavy (non-hydrogen) atoms. The van der Waals surface area contributed by atoms with Crippen molar-refractivity contribution in [2.45, 2.75) is 44.6 Å². The topological polar surface area (TPSA) is 55.1 Å². The average Bonchev–Trinajstić information content (AvgIpc) is 2.77. The predicted molar refractivity (Wildman–Crippen MR) is 64.8 cm³/mol. The molecular weight excluding hydrogens is 200 g/mol. The first kappa shape index (κ1) is 11.6. The Bertz CT molecular complexity index is 275. The van der Waals surface area contributed by atoms with E-state index >= 15 is 0 Å². The quantitative estimate of drug-likeness (QED) is 0.712. The molecule has 3 nitrogen and oxygen atoms in total. The number of allylic oxidation sites excluding steroid dienone is 2. The zero-order valence-electron chi connectivity index (χ0n) is 9.82. The second kappa shape index (κ2) is 5.48. The lowest BCUT2D eigenvalue weighted by Gasteiger charge is -2.23. The summed E-state index contributed by atoms with van der Waals surface area (Å²) in [5, 5.41) is 3.20. The molecule has 2 rings (SSSR count).